The zero-order chi connectivity index (χ0) is 27.2. The molecule has 3 amide bonds. The lowest BCUT2D eigenvalue weighted by molar-refractivity contribution is -0.120. The summed E-state index contributed by atoms with van der Waals surface area (Å²) in [6.07, 6.45) is 1.59. The number of hydrogen-bond acceptors (Lipinski definition) is 6. The summed E-state index contributed by atoms with van der Waals surface area (Å²) in [7, 11) is 0. The number of rotatable bonds is 9. The molecule has 4 rings (SSSR count). The van der Waals surface area contributed by atoms with Crippen molar-refractivity contribution in [3.63, 3.8) is 0 Å². The van der Waals surface area contributed by atoms with Gasteiger partial charge in [-0.2, -0.15) is 0 Å². The first kappa shape index (κ1) is 26.6. The first-order valence-electron chi connectivity index (χ1n) is 11.8. The highest BCUT2D eigenvalue weighted by Gasteiger charge is 2.39. The van der Waals surface area contributed by atoms with E-state index in [0.29, 0.717) is 5.69 Å². The Labute approximate surface area is 223 Å². The number of para-hydroxylation sites is 1. The molecule has 8 nitrogen and oxygen atoms in total. The molecule has 3 aromatic carbocycles. The monoisotopic (exact) mass is 535 g/mol. The van der Waals surface area contributed by atoms with E-state index >= 15 is 0 Å². The van der Waals surface area contributed by atoms with Crippen LogP contribution in [0.25, 0.3) is 0 Å². The van der Waals surface area contributed by atoms with Gasteiger partial charge in [0.1, 0.15) is 16.5 Å². The number of anilines is 3. The van der Waals surface area contributed by atoms with Gasteiger partial charge in [-0.3, -0.25) is 14.4 Å². The third-order valence-corrected chi connectivity index (χ3v) is 5.99. The molecule has 10 heteroatoms. The Kier molecular flexibility index (Phi) is 8.18. The average molecular weight is 536 g/mol. The van der Waals surface area contributed by atoms with E-state index in [4.69, 9.17) is 16.3 Å². The van der Waals surface area contributed by atoms with E-state index in [9.17, 15) is 23.6 Å². The van der Waals surface area contributed by atoms with Gasteiger partial charge in [0, 0.05) is 11.3 Å². The van der Waals surface area contributed by atoms with Gasteiger partial charge in [0.05, 0.1) is 23.5 Å². The first-order chi connectivity index (χ1) is 18.3. The van der Waals surface area contributed by atoms with E-state index in [0.717, 1.165) is 17.7 Å². The maximum absolute atomic E-state index is 13.8. The molecule has 1 aliphatic heterocycles. The molecule has 0 atom stereocenters. The molecule has 0 fully saturated rings. The molecule has 194 valence electrons. The highest BCUT2D eigenvalue weighted by molar-refractivity contribution is 6.53. The summed E-state index contributed by atoms with van der Waals surface area (Å²) in [4.78, 5) is 51.6. The van der Waals surface area contributed by atoms with E-state index in [1.54, 1.807) is 6.07 Å². The normalized spacial score (nSPS) is 13.1. The molecule has 0 aliphatic carbocycles. The van der Waals surface area contributed by atoms with Crippen LogP contribution in [0.2, 0.25) is 0 Å². The van der Waals surface area contributed by atoms with Gasteiger partial charge in [-0.25, -0.2) is 14.1 Å². The van der Waals surface area contributed by atoms with Crippen LogP contribution in [0.5, 0.6) is 0 Å². The summed E-state index contributed by atoms with van der Waals surface area (Å²) >= 11 is 6.21. The summed E-state index contributed by atoms with van der Waals surface area (Å²) in [6.45, 7) is 2.24. The molecule has 0 saturated carbocycles. The summed E-state index contributed by atoms with van der Waals surface area (Å²) in [5.74, 6) is -3.11. The second-order valence-corrected chi connectivity index (χ2v) is 8.69. The van der Waals surface area contributed by atoms with Crippen molar-refractivity contribution < 1.29 is 28.3 Å². The SMILES string of the molecule is CCCCOC(=O)c1cccc(N2C(=O)C(Cl)=C(Nc3ccc(C(=O)Nc4ccccc4F)cc3)C2=O)c1. The van der Waals surface area contributed by atoms with E-state index in [-0.39, 0.29) is 39.8 Å². The molecular formula is C28H23ClFN3O5. The van der Waals surface area contributed by atoms with Crippen molar-refractivity contribution in [1.82, 2.24) is 0 Å². The molecule has 0 saturated heterocycles. The third kappa shape index (κ3) is 5.73. The standard InChI is InChI=1S/C28H23ClFN3O5/c1-2-3-15-38-28(37)18-7-6-8-20(16-18)33-26(35)23(29)24(27(33)36)31-19-13-11-17(12-14-19)25(34)32-22-10-5-4-9-21(22)30/h4-14,16,31H,2-3,15H2,1H3,(H,32,34). The summed E-state index contributed by atoms with van der Waals surface area (Å²) in [5.41, 5.74) is 0.885. The largest absolute Gasteiger partial charge is 0.462 e. The lowest BCUT2D eigenvalue weighted by Gasteiger charge is -2.16. The fourth-order valence-corrected chi connectivity index (χ4v) is 3.83. The molecule has 1 heterocycles. The molecular weight excluding hydrogens is 513 g/mol. The van der Waals surface area contributed by atoms with Crippen molar-refractivity contribution in [2.45, 2.75) is 19.8 Å². The molecule has 0 radical (unpaired) electrons. The predicted octanol–water partition coefficient (Wildman–Crippen LogP) is 5.47. The van der Waals surface area contributed by atoms with Crippen molar-refractivity contribution in [3.05, 3.63) is 100 Å². The van der Waals surface area contributed by atoms with Gasteiger partial charge < -0.3 is 15.4 Å². The van der Waals surface area contributed by atoms with E-state index in [1.165, 1.54) is 66.7 Å². The van der Waals surface area contributed by atoms with Gasteiger partial charge in [-0.1, -0.05) is 43.1 Å². The van der Waals surface area contributed by atoms with Crippen molar-refractivity contribution >= 4 is 52.4 Å². The van der Waals surface area contributed by atoms with Gasteiger partial charge in [-0.05, 0) is 61.0 Å². The van der Waals surface area contributed by atoms with Crippen LogP contribution in [0.15, 0.2) is 83.5 Å². The van der Waals surface area contributed by atoms with Crippen LogP contribution < -0.4 is 15.5 Å². The lowest BCUT2D eigenvalue weighted by Crippen LogP contribution is -2.32. The maximum atomic E-state index is 13.8. The van der Waals surface area contributed by atoms with Crippen molar-refractivity contribution in [2.75, 3.05) is 22.1 Å². The molecule has 3 aromatic rings. The van der Waals surface area contributed by atoms with Crippen molar-refractivity contribution in [2.24, 2.45) is 0 Å². The molecule has 0 spiro atoms. The summed E-state index contributed by atoms with van der Waals surface area (Å²) in [6, 6.07) is 17.7. The van der Waals surface area contributed by atoms with E-state index in [2.05, 4.69) is 10.6 Å². The number of amides is 3. The minimum atomic E-state index is -0.753. The number of benzene rings is 3. The summed E-state index contributed by atoms with van der Waals surface area (Å²) < 4.78 is 19.0. The van der Waals surface area contributed by atoms with Crippen LogP contribution in [0.1, 0.15) is 40.5 Å². The number of ether oxygens (including phenoxy) is 1. The van der Waals surface area contributed by atoms with Crippen molar-refractivity contribution in [1.29, 1.82) is 0 Å². The number of imide groups is 1. The topological polar surface area (TPSA) is 105 Å². The molecule has 38 heavy (non-hydrogen) atoms. The van der Waals surface area contributed by atoms with Crippen molar-refractivity contribution in [3.8, 4) is 0 Å². The fourth-order valence-electron chi connectivity index (χ4n) is 3.62. The van der Waals surface area contributed by atoms with Gasteiger partial charge >= 0.3 is 5.97 Å². The van der Waals surface area contributed by atoms with Crippen LogP contribution >= 0.6 is 11.6 Å². The average Bonchev–Trinajstić information content (AvgIpc) is 3.13. The Hall–Kier alpha value is -4.50. The number of halogens is 2. The number of hydrogen-bond donors (Lipinski definition) is 2. The quantitative estimate of drug-likeness (QED) is 0.214. The number of esters is 1. The van der Waals surface area contributed by atoms with Crippen LogP contribution in [0, 0.1) is 5.82 Å². The first-order valence-corrected chi connectivity index (χ1v) is 12.2. The smallest absolute Gasteiger partial charge is 0.338 e. The van der Waals surface area contributed by atoms with E-state index < -0.39 is 29.5 Å². The zero-order valence-electron chi connectivity index (χ0n) is 20.3. The maximum Gasteiger partial charge on any atom is 0.338 e. The molecule has 1 aliphatic rings. The van der Waals surface area contributed by atoms with Gasteiger partial charge in [-0.15, -0.1) is 0 Å². The highest BCUT2D eigenvalue weighted by atomic mass is 35.5. The molecule has 0 aromatic heterocycles. The van der Waals surface area contributed by atoms with Crippen LogP contribution in [0.3, 0.4) is 0 Å². The fraction of sp³-hybridized carbons (Fsp3) is 0.143. The van der Waals surface area contributed by atoms with E-state index in [1.807, 2.05) is 6.92 Å². The number of nitrogens with zero attached hydrogens (tertiary/aromatic N) is 1. The number of carbonyl (C=O) groups excluding carboxylic acids is 4. The number of unbranched alkanes of at least 4 members (excludes halogenated alkanes) is 1. The number of carbonyl (C=O) groups is 4. The molecule has 2 N–H and O–H groups in total. The van der Waals surface area contributed by atoms with Crippen LogP contribution in [-0.4, -0.2) is 30.3 Å². The third-order valence-electron chi connectivity index (χ3n) is 5.64. The van der Waals surface area contributed by atoms with Gasteiger partial charge in [0.15, 0.2) is 0 Å². The summed E-state index contributed by atoms with van der Waals surface area (Å²) in [5, 5.41) is 4.98. The van der Waals surface area contributed by atoms with Crippen LogP contribution in [0.4, 0.5) is 21.5 Å². The lowest BCUT2D eigenvalue weighted by atomic mass is 10.1. The van der Waals surface area contributed by atoms with Gasteiger partial charge in [0.2, 0.25) is 0 Å². The molecule has 0 unspecified atom stereocenters. The minimum Gasteiger partial charge on any atom is -0.462 e. The zero-order valence-corrected chi connectivity index (χ0v) is 21.0. The Morgan fingerprint density at radius 2 is 1.68 bits per heavy atom. The highest BCUT2D eigenvalue weighted by Crippen LogP contribution is 2.31. The molecule has 0 bridgehead atoms. The number of nitrogens with one attached hydrogen (secondary N) is 2. The Balaban J connectivity index is 1.46. The van der Waals surface area contributed by atoms with Gasteiger partial charge in [0.25, 0.3) is 17.7 Å². The second kappa shape index (κ2) is 11.7. The second-order valence-electron chi connectivity index (χ2n) is 8.31. The minimum absolute atomic E-state index is 0.0464. The predicted molar refractivity (Wildman–Crippen MR) is 141 cm³/mol. The Morgan fingerprint density at radius 3 is 2.39 bits per heavy atom. The van der Waals surface area contributed by atoms with Crippen LogP contribution in [-0.2, 0) is 14.3 Å². The Bertz CT molecular complexity index is 1440. The Morgan fingerprint density at radius 1 is 0.947 bits per heavy atom.